The fourth-order valence-electron chi connectivity index (χ4n) is 0.392. The van der Waals surface area contributed by atoms with Gasteiger partial charge >= 0.3 is 51.4 Å². The van der Waals surface area contributed by atoms with E-state index in [1.165, 1.54) is 5.01 Å². The first-order valence-corrected chi connectivity index (χ1v) is 3.01. The third kappa shape index (κ3) is 2.81. The molecule has 1 saturated heterocycles. The van der Waals surface area contributed by atoms with E-state index in [0.717, 1.165) is 18.7 Å². The van der Waals surface area contributed by atoms with Crippen molar-refractivity contribution in [2.75, 3.05) is 12.3 Å². The van der Waals surface area contributed by atoms with E-state index in [0.29, 0.717) is 0 Å². The number of carbonyl (C=O) groups excluding carboxylic acids is 1. The van der Waals surface area contributed by atoms with E-state index in [1.807, 2.05) is 0 Å². The summed E-state index contributed by atoms with van der Waals surface area (Å²) < 4.78 is 0. The maximum Gasteiger partial charge on any atom is 1.00 e. The summed E-state index contributed by atoms with van der Waals surface area (Å²) in [6.07, 6.45) is 0.792. The first kappa shape index (κ1) is 9.42. The summed E-state index contributed by atoms with van der Waals surface area (Å²) in [7, 11) is 0. The smallest absolute Gasteiger partial charge is 1.00 e. The van der Waals surface area contributed by atoms with E-state index in [2.05, 4.69) is 4.83 Å². The largest absolute Gasteiger partial charge is 1.00 e. The van der Waals surface area contributed by atoms with Gasteiger partial charge in [-0.2, -0.15) is 4.83 Å². The molecular weight excluding hydrogens is 151 g/mol. The van der Waals surface area contributed by atoms with Crippen LogP contribution in [0.2, 0.25) is 0 Å². The molecule has 0 aromatic heterocycles. The molecule has 8 heavy (non-hydrogen) atoms. The Labute approximate surface area is 96.6 Å². The van der Waals surface area contributed by atoms with Crippen LogP contribution in [0.3, 0.4) is 0 Å². The summed E-state index contributed by atoms with van der Waals surface area (Å²) in [5, 5.41) is 1.52. The van der Waals surface area contributed by atoms with Gasteiger partial charge < -0.3 is 1.43 Å². The van der Waals surface area contributed by atoms with Gasteiger partial charge in [-0.15, -0.1) is 0 Å². The molecule has 3 nitrogen and oxygen atoms in total. The van der Waals surface area contributed by atoms with E-state index in [-0.39, 0.29) is 52.8 Å². The molecule has 5 heteroatoms. The van der Waals surface area contributed by atoms with Gasteiger partial charge in [-0.05, 0) is 0 Å². The molecule has 1 amide bonds. The van der Waals surface area contributed by atoms with Gasteiger partial charge in [0.05, 0.1) is 0 Å². The Hall–Kier alpha value is 1.42. The van der Waals surface area contributed by atoms with Crippen molar-refractivity contribution in [2.45, 2.75) is 0 Å². The first-order chi connectivity index (χ1) is 3.43. The van der Waals surface area contributed by atoms with Crippen LogP contribution < -0.4 is 56.2 Å². The second kappa shape index (κ2) is 5.22. The molecule has 0 bridgehead atoms. The molecule has 1 aliphatic heterocycles. The zero-order valence-corrected chi connectivity index (χ0v) is 8.69. The fraction of sp³-hybridized carbons (Fsp3) is 0.667. The molecule has 1 aliphatic rings. The van der Waals surface area contributed by atoms with E-state index in [1.54, 1.807) is 11.9 Å². The van der Waals surface area contributed by atoms with Crippen molar-refractivity contribution in [3.63, 3.8) is 0 Å². The zero-order valence-electron chi connectivity index (χ0n) is 5.76. The van der Waals surface area contributed by atoms with Crippen LogP contribution in [-0.4, -0.2) is 23.7 Å². The van der Waals surface area contributed by atoms with Crippen molar-refractivity contribution in [2.24, 2.45) is 0 Å². The SMILES string of the molecule is O=CN1CCSN1.[H-].[K+]. The molecule has 1 fully saturated rings. The van der Waals surface area contributed by atoms with Gasteiger partial charge in [0.15, 0.2) is 0 Å². The van der Waals surface area contributed by atoms with Crippen LogP contribution in [0.4, 0.5) is 0 Å². The third-order valence-corrected chi connectivity index (χ3v) is 1.49. The topological polar surface area (TPSA) is 32.3 Å². The number of amides is 1. The Balaban J connectivity index is 0. The molecule has 0 unspecified atom stereocenters. The van der Waals surface area contributed by atoms with Crippen LogP contribution in [0.25, 0.3) is 0 Å². The van der Waals surface area contributed by atoms with Crippen molar-refractivity contribution < 1.29 is 57.6 Å². The van der Waals surface area contributed by atoms with E-state index in [9.17, 15) is 4.79 Å². The Morgan fingerprint density at radius 1 is 1.88 bits per heavy atom. The van der Waals surface area contributed by atoms with Gasteiger partial charge in [0, 0.05) is 12.3 Å². The average Bonchev–Trinajstić information content (AvgIpc) is 2.14. The monoisotopic (exact) mass is 158 g/mol. The minimum absolute atomic E-state index is 0. The van der Waals surface area contributed by atoms with Gasteiger partial charge in [0.1, 0.15) is 0 Å². The van der Waals surface area contributed by atoms with Crippen LogP contribution in [0, 0.1) is 0 Å². The summed E-state index contributed by atoms with van der Waals surface area (Å²) in [5.74, 6) is 0.999. The van der Waals surface area contributed by atoms with Gasteiger partial charge in [-0.1, -0.05) is 11.9 Å². The van der Waals surface area contributed by atoms with Crippen molar-refractivity contribution in [1.29, 1.82) is 0 Å². The molecular formula is C3H7KN2OS. The van der Waals surface area contributed by atoms with Crippen molar-refractivity contribution in [3.8, 4) is 0 Å². The standard InChI is InChI=1S/C3H6N2OS.K.H/c6-3-5-1-2-7-4-5;;/h3-4H,1-2H2;;/q;+1;-1. The predicted octanol–water partition coefficient (Wildman–Crippen LogP) is -3.27. The number of rotatable bonds is 1. The third-order valence-electron chi connectivity index (χ3n) is 0.743. The Kier molecular flexibility index (Phi) is 6.15. The molecule has 0 saturated carbocycles. The maximum atomic E-state index is 9.86. The zero-order chi connectivity index (χ0) is 5.11. The summed E-state index contributed by atoms with van der Waals surface area (Å²) >= 11 is 1.55. The molecule has 0 atom stereocenters. The Bertz CT molecular complexity index is 80.2. The van der Waals surface area contributed by atoms with Gasteiger partial charge in [0.2, 0.25) is 6.41 Å². The minimum atomic E-state index is 0. The molecule has 0 aromatic rings. The molecule has 1 heterocycles. The van der Waals surface area contributed by atoms with E-state index < -0.39 is 0 Å². The quantitative estimate of drug-likeness (QED) is 0.247. The maximum absolute atomic E-state index is 9.86. The molecule has 0 aromatic carbocycles. The minimum Gasteiger partial charge on any atom is -1.00 e. The number of carbonyl (C=O) groups is 1. The molecule has 1 rings (SSSR count). The van der Waals surface area contributed by atoms with Crippen molar-refractivity contribution in [1.82, 2.24) is 9.84 Å². The molecule has 0 spiro atoms. The van der Waals surface area contributed by atoms with Crippen LogP contribution >= 0.6 is 11.9 Å². The summed E-state index contributed by atoms with van der Waals surface area (Å²) in [6, 6.07) is 0. The van der Waals surface area contributed by atoms with E-state index >= 15 is 0 Å². The second-order valence-electron chi connectivity index (χ2n) is 1.24. The molecule has 42 valence electrons. The molecule has 0 radical (unpaired) electrons. The number of nitrogens with zero attached hydrogens (tertiary/aromatic N) is 1. The van der Waals surface area contributed by atoms with Crippen LogP contribution in [0.5, 0.6) is 0 Å². The Morgan fingerprint density at radius 2 is 2.62 bits per heavy atom. The van der Waals surface area contributed by atoms with Crippen molar-refractivity contribution >= 4 is 18.4 Å². The summed E-state index contributed by atoms with van der Waals surface area (Å²) in [5.41, 5.74) is 0. The predicted molar refractivity (Wildman–Crippen MR) is 29.5 cm³/mol. The van der Waals surface area contributed by atoms with Crippen LogP contribution in [0.15, 0.2) is 0 Å². The van der Waals surface area contributed by atoms with Gasteiger partial charge in [0.25, 0.3) is 0 Å². The van der Waals surface area contributed by atoms with Crippen LogP contribution in [-0.2, 0) is 4.79 Å². The average molecular weight is 158 g/mol. The molecule has 0 aliphatic carbocycles. The van der Waals surface area contributed by atoms with Gasteiger partial charge in [-0.25, -0.2) is 0 Å². The summed E-state index contributed by atoms with van der Waals surface area (Å²) in [6.45, 7) is 0.828. The fourth-order valence-corrected chi connectivity index (χ4v) is 1.07. The number of nitrogens with one attached hydrogen (secondary N) is 1. The van der Waals surface area contributed by atoms with E-state index in [4.69, 9.17) is 0 Å². The molecule has 1 N–H and O–H groups in total. The summed E-state index contributed by atoms with van der Waals surface area (Å²) in [4.78, 5) is 12.6. The Morgan fingerprint density at radius 3 is 2.88 bits per heavy atom. The number of hydrogen-bond donors (Lipinski definition) is 1. The number of hydrogen-bond acceptors (Lipinski definition) is 3. The van der Waals surface area contributed by atoms with Crippen LogP contribution in [0.1, 0.15) is 1.43 Å². The van der Waals surface area contributed by atoms with Crippen molar-refractivity contribution in [3.05, 3.63) is 0 Å². The second-order valence-corrected chi connectivity index (χ2v) is 2.12. The van der Waals surface area contributed by atoms with Gasteiger partial charge in [-0.3, -0.25) is 9.80 Å². The number of hydrazine groups is 1. The first-order valence-electron chi connectivity index (χ1n) is 2.03. The normalized spacial score (nSPS) is 17.8.